The van der Waals surface area contributed by atoms with Gasteiger partial charge >= 0.3 is 5.69 Å². The van der Waals surface area contributed by atoms with Crippen molar-refractivity contribution in [2.75, 3.05) is 6.54 Å². The standard InChI is InChI=1S/C12H16N4O3/c1-9(17)5-6-13-11(18)8-16-12(19)15-7-3-2-4-10(15)14-16/h2-4,7,9,17H,5-6,8H2,1H3,(H,13,18). The van der Waals surface area contributed by atoms with Gasteiger partial charge in [0, 0.05) is 12.7 Å². The molecule has 1 amide bonds. The summed E-state index contributed by atoms with van der Waals surface area (Å²) in [5.74, 6) is -0.300. The Labute approximate surface area is 109 Å². The summed E-state index contributed by atoms with van der Waals surface area (Å²) < 4.78 is 2.50. The third-order valence-electron chi connectivity index (χ3n) is 2.67. The van der Waals surface area contributed by atoms with Crippen LogP contribution in [-0.4, -0.2) is 37.8 Å². The van der Waals surface area contributed by atoms with Crippen LogP contribution in [0.2, 0.25) is 0 Å². The van der Waals surface area contributed by atoms with Crippen molar-refractivity contribution in [3.8, 4) is 0 Å². The summed E-state index contributed by atoms with van der Waals surface area (Å²) in [7, 11) is 0. The smallest absolute Gasteiger partial charge is 0.350 e. The summed E-state index contributed by atoms with van der Waals surface area (Å²) in [6, 6.07) is 5.20. The topological polar surface area (TPSA) is 88.6 Å². The first-order valence-electron chi connectivity index (χ1n) is 6.07. The number of amides is 1. The number of aliphatic hydroxyl groups excluding tert-OH is 1. The molecule has 0 fully saturated rings. The van der Waals surface area contributed by atoms with Crippen LogP contribution in [0.25, 0.3) is 5.65 Å². The fourth-order valence-electron chi connectivity index (χ4n) is 1.68. The minimum Gasteiger partial charge on any atom is -0.393 e. The van der Waals surface area contributed by atoms with Crippen LogP contribution in [0.1, 0.15) is 13.3 Å². The lowest BCUT2D eigenvalue weighted by molar-refractivity contribution is -0.121. The molecule has 1 unspecified atom stereocenters. The molecule has 2 N–H and O–H groups in total. The van der Waals surface area contributed by atoms with Gasteiger partial charge in [0.2, 0.25) is 5.91 Å². The minimum atomic E-state index is -0.460. The molecule has 0 aromatic carbocycles. The summed E-state index contributed by atoms with van der Waals surface area (Å²) in [5, 5.41) is 15.8. The van der Waals surface area contributed by atoms with Gasteiger partial charge in [-0.15, -0.1) is 5.10 Å². The largest absolute Gasteiger partial charge is 0.393 e. The van der Waals surface area contributed by atoms with Crippen LogP contribution in [0.15, 0.2) is 29.2 Å². The van der Waals surface area contributed by atoms with Crippen LogP contribution >= 0.6 is 0 Å². The number of hydrogen-bond donors (Lipinski definition) is 2. The molecule has 0 bridgehead atoms. The van der Waals surface area contributed by atoms with Crippen LogP contribution in [-0.2, 0) is 11.3 Å². The Morgan fingerprint density at radius 3 is 3.00 bits per heavy atom. The first-order valence-corrected chi connectivity index (χ1v) is 6.07. The van der Waals surface area contributed by atoms with Gasteiger partial charge in [0.25, 0.3) is 0 Å². The van der Waals surface area contributed by atoms with Gasteiger partial charge in [-0.3, -0.25) is 9.20 Å². The molecule has 0 aliphatic carbocycles. The number of pyridine rings is 1. The van der Waals surface area contributed by atoms with E-state index >= 15 is 0 Å². The van der Waals surface area contributed by atoms with E-state index in [0.29, 0.717) is 18.6 Å². The van der Waals surface area contributed by atoms with Crippen LogP contribution < -0.4 is 11.0 Å². The minimum absolute atomic E-state index is 0.125. The van der Waals surface area contributed by atoms with Crippen molar-refractivity contribution in [2.24, 2.45) is 0 Å². The average molecular weight is 264 g/mol. The summed E-state index contributed by atoms with van der Waals surface area (Å²) in [6.07, 6.45) is 1.62. The highest BCUT2D eigenvalue weighted by molar-refractivity contribution is 5.75. The summed E-state index contributed by atoms with van der Waals surface area (Å²) in [6.45, 7) is 1.90. The number of rotatable bonds is 5. The number of nitrogens with one attached hydrogen (secondary N) is 1. The van der Waals surface area contributed by atoms with E-state index in [4.69, 9.17) is 5.11 Å². The Bertz CT molecular complexity index is 629. The molecule has 1 atom stereocenters. The van der Waals surface area contributed by atoms with Gasteiger partial charge < -0.3 is 10.4 Å². The Morgan fingerprint density at radius 2 is 2.32 bits per heavy atom. The first kappa shape index (κ1) is 13.3. The van der Waals surface area contributed by atoms with Crippen LogP contribution in [0.3, 0.4) is 0 Å². The van der Waals surface area contributed by atoms with E-state index < -0.39 is 6.10 Å². The lowest BCUT2D eigenvalue weighted by Gasteiger charge is -2.05. The van der Waals surface area contributed by atoms with Gasteiger partial charge in [-0.2, -0.15) is 0 Å². The molecule has 19 heavy (non-hydrogen) atoms. The van der Waals surface area contributed by atoms with Crippen molar-refractivity contribution in [3.63, 3.8) is 0 Å². The number of nitrogens with zero attached hydrogens (tertiary/aromatic N) is 3. The molecule has 0 saturated carbocycles. The van der Waals surface area contributed by atoms with Gasteiger partial charge in [0.1, 0.15) is 6.54 Å². The molecule has 7 heteroatoms. The van der Waals surface area contributed by atoms with Gasteiger partial charge in [-0.25, -0.2) is 9.48 Å². The zero-order valence-corrected chi connectivity index (χ0v) is 10.6. The van der Waals surface area contributed by atoms with Crippen LogP contribution in [0.5, 0.6) is 0 Å². The molecule has 102 valence electrons. The molecule has 2 aromatic rings. The van der Waals surface area contributed by atoms with Gasteiger partial charge in [-0.05, 0) is 25.5 Å². The summed E-state index contributed by atoms with van der Waals surface area (Å²) in [5.41, 5.74) is 0.158. The maximum Gasteiger partial charge on any atom is 0.350 e. The van der Waals surface area contributed by atoms with Crippen molar-refractivity contribution in [2.45, 2.75) is 26.0 Å². The highest BCUT2D eigenvalue weighted by Gasteiger charge is 2.09. The molecule has 0 aliphatic rings. The Morgan fingerprint density at radius 1 is 1.53 bits per heavy atom. The van der Waals surface area contributed by atoms with E-state index in [2.05, 4.69) is 10.4 Å². The van der Waals surface area contributed by atoms with E-state index in [0.717, 1.165) is 4.68 Å². The number of carbonyl (C=O) groups excluding carboxylic acids is 1. The maximum atomic E-state index is 11.9. The number of carbonyl (C=O) groups is 1. The van der Waals surface area contributed by atoms with Crippen molar-refractivity contribution >= 4 is 11.6 Å². The van der Waals surface area contributed by atoms with Crippen molar-refractivity contribution in [3.05, 3.63) is 34.9 Å². The van der Waals surface area contributed by atoms with Crippen molar-refractivity contribution < 1.29 is 9.90 Å². The summed E-state index contributed by atoms with van der Waals surface area (Å²) >= 11 is 0. The average Bonchev–Trinajstić information content (AvgIpc) is 2.66. The van der Waals surface area contributed by atoms with Gasteiger partial charge in [0.05, 0.1) is 6.10 Å². The molecule has 7 nitrogen and oxygen atoms in total. The van der Waals surface area contributed by atoms with E-state index in [1.807, 2.05) is 0 Å². The fraction of sp³-hybridized carbons (Fsp3) is 0.417. The molecule has 2 heterocycles. The predicted molar refractivity (Wildman–Crippen MR) is 68.8 cm³/mol. The monoisotopic (exact) mass is 264 g/mol. The number of aliphatic hydroxyl groups is 1. The first-order chi connectivity index (χ1) is 9.08. The second-order valence-corrected chi connectivity index (χ2v) is 4.36. The lowest BCUT2D eigenvalue weighted by Crippen LogP contribution is -2.33. The summed E-state index contributed by atoms with van der Waals surface area (Å²) in [4.78, 5) is 23.5. The van der Waals surface area contributed by atoms with E-state index in [1.165, 1.54) is 4.40 Å². The van der Waals surface area contributed by atoms with Gasteiger partial charge in [-0.1, -0.05) is 6.07 Å². The van der Waals surface area contributed by atoms with E-state index in [9.17, 15) is 9.59 Å². The quantitative estimate of drug-likeness (QED) is 0.753. The molecule has 2 aromatic heterocycles. The Balaban J connectivity index is 2.03. The lowest BCUT2D eigenvalue weighted by atomic mass is 10.3. The Kier molecular flexibility index (Phi) is 3.96. The third-order valence-corrected chi connectivity index (χ3v) is 2.67. The third kappa shape index (κ3) is 3.19. The zero-order valence-electron chi connectivity index (χ0n) is 10.6. The molecule has 0 radical (unpaired) electrons. The molecule has 2 rings (SSSR count). The molecule has 0 spiro atoms. The van der Waals surface area contributed by atoms with Crippen molar-refractivity contribution in [1.29, 1.82) is 0 Å². The van der Waals surface area contributed by atoms with Crippen LogP contribution in [0.4, 0.5) is 0 Å². The zero-order chi connectivity index (χ0) is 13.8. The van der Waals surface area contributed by atoms with E-state index in [1.54, 1.807) is 31.3 Å². The number of hydrogen-bond acceptors (Lipinski definition) is 4. The molecular weight excluding hydrogens is 248 g/mol. The SMILES string of the molecule is CC(O)CCNC(=O)Cn1nc2ccccn2c1=O. The normalized spacial score (nSPS) is 12.5. The fourth-order valence-corrected chi connectivity index (χ4v) is 1.68. The maximum absolute atomic E-state index is 11.9. The van der Waals surface area contributed by atoms with Gasteiger partial charge in [0.15, 0.2) is 5.65 Å². The Hall–Kier alpha value is -2.15. The predicted octanol–water partition coefficient (Wildman–Crippen LogP) is -0.617. The van der Waals surface area contributed by atoms with Crippen molar-refractivity contribution in [1.82, 2.24) is 19.5 Å². The number of fused-ring (bicyclic) bond motifs is 1. The highest BCUT2D eigenvalue weighted by atomic mass is 16.3. The second kappa shape index (κ2) is 5.66. The highest BCUT2D eigenvalue weighted by Crippen LogP contribution is 1.94. The van der Waals surface area contributed by atoms with E-state index in [-0.39, 0.29) is 18.1 Å². The molecule has 0 saturated heterocycles. The second-order valence-electron chi connectivity index (χ2n) is 4.36. The molecular formula is C12H16N4O3. The number of aromatic nitrogens is 3. The molecule has 0 aliphatic heterocycles. The van der Waals surface area contributed by atoms with Crippen LogP contribution in [0, 0.1) is 0 Å².